The fraction of sp³-hybridized carbons (Fsp3) is 0.200. The highest BCUT2D eigenvalue weighted by Crippen LogP contribution is 2.17. The number of hydrogen-bond acceptors (Lipinski definition) is 1. The van der Waals surface area contributed by atoms with E-state index in [0.29, 0.717) is 5.75 Å². The fourth-order valence-electron chi connectivity index (χ4n) is 1.40. The smallest absolute Gasteiger partial charge is 0.123 e. The summed E-state index contributed by atoms with van der Waals surface area (Å²) < 4.78 is 26.1. The Morgan fingerprint density at radius 2 is 2.21 bits per heavy atom. The van der Waals surface area contributed by atoms with Crippen molar-refractivity contribution in [2.45, 2.75) is 6.92 Å². The van der Waals surface area contributed by atoms with Gasteiger partial charge in [0.25, 0.3) is 0 Å². The summed E-state index contributed by atoms with van der Waals surface area (Å²) in [5.41, 5.74) is 0.812. The highest BCUT2D eigenvalue weighted by atomic mass is 32.2. The number of halogens is 1. The van der Waals surface area contributed by atoms with E-state index in [4.69, 9.17) is 0 Å². The molecule has 0 saturated heterocycles. The molecule has 0 N–H and O–H groups in total. The van der Waals surface area contributed by atoms with Crippen molar-refractivity contribution in [2.75, 3.05) is 5.75 Å². The van der Waals surface area contributed by atoms with Gasteiger partial charge in [0.05, 0.1) is 5.52 Å². The summed E-state index contributed by atoms with van der Waals surface area (Å²) in [6, 6.07) is 6.24. The molecule has 4 heteroatoms. The van der Waals surface area contributed by atoms with Gasteiger partial charge >= 0.3 is 0 Å². The minimum Gasteiger partial charge on any atom is -0.267 e. The lowest BCUT2D eigenvalue weighted by Gasteiger charge is -2.01. The lowest BCUT2D eigenvalue weighted by atomic mass is 10.2. The van der Waals surface area contributed by atoms with Gasteiger partial charge in [0, 0.05) is 17.3 Å². The topological polar surface area (TPSA) is 22.0 Å². The zero-order valence-electron chi connectivity index (χ0n) is 7.74. The van der Waals surface area contributed by atoms with Crippen LogP contribution in [0.25, 0.3) is 10.9 Å². The van der Waals surface area contributed by atoms with Gasteiger partial charge in [-0.1, -0.05) is 6.92 Å². The van der Waals surface area contributed by atoms with Gasteiger partial charge in [-0.2, -0.15) is 0 Å². The maximum absolute atomic E-state index is 12.8. The Hall–Kier alpha value is -1.16. The maximum Gasteiger partial charge on any atom is 0.123 e. The molecule has 0 saturated carbocycles. The van der Waals surface area contributed by atoms with Crippen molar-refractivity contribution in [3.63, 3.8) is 0 Å². The average Bonchev–Trinajstić information content (AvgIpc) is 2.59. The maximum atomic E-state index is 12.8. The number of rotatable bonds is 2. The van der Waals surface area contributed by atoms with E-state index in [1.807, 2.05) is 6.92 Å². The van der Waals surface area contributed by atoms with Gasteiger partial charge in [-0.05, 0) is 24.3 Å². The predicted molar refractivity (Wildman–Crippen MR) is 56.0 cm³/mol. The van der Waals surface area contributed by atoms with Crippen LogP contribution in [0.3, 0.4) is 0 Å². The van der Waals surface area contributed by atoms with Crippen molar-refractivity contribution in [3.8, 4) is 0 Å². The molecule has 1 heterocycles. The summed E-state index contributed by atoms with van der Waals surface area (Å²) in [7, 11) is -1.05. The van der Waals surface area contributed by atoms with Crippen LogP contribution in [0.2, 0.25) is 0 Å². The molecular formula is C10H10FNOS. The zero-order valence-corrected chi connectivity index (χ0v) is 8.55. The molecule has 2 aromatic rings. The predicted octanol–water partition coefficient (Wildman–Crippen LogP) is 2.31. The molecule has 1 atom stereocenters. The molecule has 14 heavy (non-hydrogen) atoms. The summed E-state index contributed by atoms with van der Waals surface area (Å²) >= 11 is 0. The molecule has 0 aliphatic rings. The zero-order chi connectivity index (χ0) is 10.1. The molecule has 2 rings (SSSR count). The van der Waals surface area contributed by atoms with Crippen LogP contribution < -0.4 is 0 Å². The fourth-order valence-corrected chi connectivity index (χ4v) is 2.26. The molecule has 0 aliphatic heterocycles. The Morgan fingerprint density at radius 3 is 2.93 bits per heavy atom. The standard InChI is InChI=1S/C10H10FNOS/c1-2-14(13)12-6-5-8-7-9(11)3-4-10(8)12/h3-7H,2H2,1H3. The van der Waals surface area contributed by atoms with E-state index in [0.717, 1.165) is 10.9 Å². The molecule has 0 amide bonds. The summed E-state index contributed by atoms with van der Waals surface area (Å²) in [4.78, 5) is 0. The quantitative estimate of drug-likeness (QED) is 0.747. The third-order valence-electron chi connectivity index (χ3n) is 2.08. The van der Waals surface area contributed by atoms with Crippen molar-refractivity contribution in [2.24, 2.45) is 0 Å². The second-order valence-electron chi connectivity index (χ2n) is 2.95. The third kappa shape index (κ3) is 1.46. The molecule has 0 spiro atoms. The van der Waals surface area contributed by atoms with E-state index in [9.17, 15) is 8.60 Å². The Kier molecular flexibility index (Phi) is 2.37. The Labute approximate surface area is 83.9 Å². The first kappa shape index (κ1) is 9.40. The largest absolute Gasteiger partial charge is 0.267 e. The van der Waals surface area contributed by atoms with Gasteiger partial charge in [0.2, 0.25) is 0 Å². The number of hydrogen-bond donors (Lipinski definition) is 0. The van der Waals surface area contributed by atoms with E-state index in [-0.39, 0.29) is 5.82 Å². The monoisotopic (exact) mass is 211 g/mol. The van der Waals surface area contributed by atoms with Gasteiger partial charge in [-0.3, -0.25) is 3.97 Å². The molecule has 74 valence electrons. The minimum absolute atomic E-state index is 0.266. The van der Waals surface area contributed by atoms with Gasteiger partial charge in [-0.25, -0.2) is 8.60 Å². The summed E-state index contributed by atoms with van der Waals surface area (Å²) in [5.74, 6) is 0.291. The molecule has 0 fully saturated rings. The molecule has 1 aromatic heterocycles. The summed E-state index contributed by atoms with van der Waals surface area (Å²) in [6.45, 7) is 1.85. The Bertz CT molecular complexity index is 492. The van der Waals surface area contributed by atoms with Crippen LogP contribution in [-0.2, 0) is 11.0 Å². The number of nitrogens with zero attached hydrogens (tertiary/aromatic N) is 1. The molecule has 0 radical (unpaired) electrons. The van der Waals surface area contributed by atoms with Crippen molar-refractivity contribution >= 4 is 21.9 Å². The van der Waals surface area contributed by atoms with Gasteiger partial charge in [-0.15, -0.1) is 0 Å². The van der Waals surface area contributed by atoms with Crippen molar-refractivity contribution in [1.82, 2.24) is 3.97 Å². The SMILES string of the molecule is CCS(=O)n1ccc2cc(F)ccc21. The van der Waals surface area contributed by atoms with Crippen LogP contribution in [0.4, 0.5) is 4.39 Å². The first-order valence-corrected chi connectivity index (χ1v) is 5.65. The van der Waals surface area contributed by atoms with Crippen LogP contribution in [0.5, 0.6) is 0 Å². The number of aromatic nitrogens is 1. The Morgan fingerprint density at radius 1 is 1.43 bits per heavy atom. The molecular weight excluding hydrogens is 201 g/mol. The van der Waals surface area contributed by atoms with E-state index in [2.05, 4.69) is 0 Å². The van der Waals surface area contributed by atoms with E-state index in [1.54, 1.807) is 22.3 Å². The second kappa shape index (κ2) is 3.53. The van der Waals surface area contributed by atoms with E-state index in [1.165, 1.54) is 12.1 Å². The van der Waals surface area contributed by atoms with Crippen molar-refractivity contribution in [1.29, 1.82) is 0 Å². The van der Waals surface area contributed by atoms with E-state index < -0.39 is 11.0 Å². The second-order valence-corrected chi connectivity index (χ2v) is 4.57. The molecule has 2 nitrogen and oxygen atoms in total. The Balaban J connectivity index is 2.64. The van der Waals surface area contributed by atoms with Crippen molar-refractivity contribution < 1.29 is 8.60 Å². The van der Waals surface area contributed by atoms with Crippen LogP contribution in [0, 0.1) is 5.82 Å². The molecule has 0 bridgehead atoms. The van der Waals surface area contributed by atoms with E-state index >= 15 is 0 Å². The number of benzene rings is 1. The van der Waals surface area contributed by atoms with Gasteiger partial charge in [0.1, 0.15) is 16.8 Å². The normalized spacial score (nSPS) is 13.3. The average molecular weight is 211 g/mol. The van der Waals surface area contributed by atoms with Crippen LogP contribution in [0.1, 0.15) is 6.92 Å². The summed E-state index contributed by atoms with van der Waals surface area (Å²) in [6.07, 6.45) is 1.73. The molecule has 1 unspecified atom stereocenters. The van der Waals surface area contributed by atoms with Crippen LogP contribution in [-0.4, -0.2) is 13.9 Å². The van der Waals surface area contributed by atoms with Crippen LogP contribution >= 0.6 is 0 Å². The van der Waals surface area contributed by atoms with Crippen molar-refractivity contribution in [3.05, 3.63) is 36.3 Å². The van der Waals surface area contributed by atoms with Gasteiger partial charge < -0.3 is 0 Å². The highest BCUT2D eigenvalue weighted by Gasteiger charge is 2.05. The van der Waals surface area contributed by atoms with Crippen LogP contribution in [0.15, 0.2) is 30.5 Å². The highest BCUT2D eigenvalue weighted by molar-refractivity contribution is 7.83. The minimum atomic E-state index is -1.05. The first-order valence-electron chi connectivity index (χ1n) is 4.38. The lowest BCUT2D eigenvalue weighted by molar-refractivity contribution is 0.629. The number of fused-ring (bicyclic) bond motifs is 1. The lowest BCUT2D eigenvalue weighted by Crippen LogP contribution is -2.04. The summed E-state index contributed by atoms with van der Waals surface area (Å²) in [5, 5.41) is 0.784. The molecule has 0 aliphatic carbocycles. The van der Waals surface area contributed by atoms with Gasteiger partial charge in [0.15, 0.2) is 0 Å². The third-order valence-corrected chi connectivity index (χ3v) is 3.33. The first-order chi connectivity index (χ1) is 6.72. The molecule has 1 aromatic carbocycles.